The van der Waals surface area contributed by atoms with Gasteiger partial charge in [0.05, 0.1) is 18.8 Å². The lowest BCUT2D eigenvalue weighted by atomic mass is 10.2. The van der Waals surface area contributed by atoms with Crippen LogP contribution in [0.2, 0.25) is 0 Å². The number of halogens is 2. The summed E-state index contributed by atoms with van der Waals surface area (Å²) in [5.74, 6) is 1.14. The maximum atomic E-state index is 14.4. The minimum Gasteiger partial charge on any atom is -0.383 e. The monoisotopic (exact) mass is 475 g/mol. The van der Waals surface area contributed by atoms with Crippen LogP contribution >= 0.6 is 24.0 Å². The van der Waals surface area contributed by atoms with Crippen LogP contribution in [0, 0.1) is 12.7 Å². The molecule has 2 N–H and O–H groups in total. The number of aromatic nitrogens is 2. The van der Waals surface area contributed by atoms with Crippen molar-refractivity contribution in [3.05, 3.63) is 47.8 Å². The molecule has 1 aromatic heterocycles. The van der Waals surface area contributed by atoms with E-state index in [1.54, 1.807) is 30.1 Å². The number of hydrogen-bond donors (Lipinski definition) is 2. The van der Waals surface area contributed by atoms with Crippen LogP contribution in [0.25, 0.3) is 5.69 Å². The molecule has 1 unspecified atom stereocenters. The maximum absolute atomic E-state index is 14.4. The minimum absolute atomic E-state index is 0. The normalized spacial score (nSPS) is 12.4. The van der Waals surface area contributed by atoms with Crippen LogP contribution in [0.5, 0.6) is 0 Å². The predicted octanol–water partition coefficient (Wildman–Crippen LogP) is 3.03. The molecule has 1 atom stereocenters. The third-order valence-electron chi connectivity index (χ3n) is 3.66. The van der Waals surface area contributed by atoms with Crippen LogP contribution in [0.3, 0.4) is 0 Å². The van der Waals surface area contributed by atoms with E-state index in [0.29, 0.717) is 24.8 Å². The molecule has 0 spiro atoms. The highest BCUT2D eigenvalue weighted by Crippen LogP contribution is 2.17. The summed E-state index contributed by atoms with van der Waals surface area (Å²) >= 11 is 0. The molecule has 0 amide bonds. The number of guanidine groups is 1. The SMILES string of the molecule is CCNC(=NCc1ccc(-n2ccnc2C)c(F)c1)NC(C)COC.I. The van der Waals surface area contributed by atoms with Crippen molar-refractivity contribution in [2.24, 2.45) is 4.99 Å². The van der Waals surface area contributed by atoms with Crippen LogP contribution in [0.15, 0.2) is 35.6 Å². The molecule has 0 saturated heterocycles. The summed E-state index contributed by atoms with van der Waals surface area (Å²) in [6.45, 7) is 7.57. The van der Waals surface area contributed by atoms with Gasteiger partial charge in [-0.25, -0.2) is 14.4 Å². The summed E-state index contributed by atoms with van der Waals surface area (Å²) in [5, 5.41) is 6.43. The predicted molar refractivity (Wildman–Crippen MR) is 113 cm³/mol. The van der Waals surface area contributed by atoms with E-state index in [1.807, 2.05) is 26.8 Å². The number of ether oxygens (including phenoxy) is 1. The van der Waals surface area contributed by atoms with E-state index in [2.05, 4.69) is 20.6 Å². The maximum Gasteiger partial charge on any atom is 0.191 e. The van der Waals surface area contributed by atoms with Crippen LogP contribution in [0.4, 0.5) is 4.39 Å². The Morgan fingerprint density at radius 1 is 1.42 bits per heavy atom. The van der Waals surface area contributed by atoms with E-state index in [0.717, 1.165) is 17.9 Å². The van der Waals surface area contributed by atoms with Crippen molar-refractivity contribution in [3.63, 3.8) is 0 Å². The first-order valence-corrected chi connectivity index (χ1v) is 8.37. The van der Waals surface area contributed by atoms with Crippen LogP contribution < -0.4 is 10.6 Å². The van der Waals surface area contributed by atoms with E-state index in [-0.39, 0.29) is 35.8 Å². The van der Waals surface area contributed by atoms with Crippen LogP contribution in [-0.4, -0.2) is 41.8 Å². The van der Waals surface area contributed by atoms with Crippen LogP contribution in [0.1, 0.15) is 25.2 Å². The molecule has 0 radical (unpaired) electrons. The number of methoxy groups -OCH3 is 1. The lowest BCUT2D eigenvalue weighted by Gasteiger charge is -2.17. The van der Waals surface area contributed by atoms with Crippen molar-refractivity contribution < 1.29 is 9.13 Å². The standard InChI is InChI=1S/C18H26FN5O.HI/c1-5-20-18(23-13(2)12-25-4)22-11-15-6-7-17(16(19)10-15)24-9-8-21-14(24)3;/h6-10,13H,5,11-12H2,1-4H3,(H2,20,22,23);1H. The van der Waals surface area contributed by atoms with Gasteiger partial charge in [-0.3, -0.25) is 0 Å². The zero-order valence-corrected chi connectivity index (χ0v) is 18.0. The topological polar surface area (TPSA) is 63.5 Å². The first-order valence-electron chi connectivity index (χ1n) is 8.37. The molecule has 2 aromatic rings. The van der Waals surface area contributed by atoms with Gasteiger partial charge in [0.25, 0.3) is 0 Å². The molecule has 0 fully saturated rings. The molecule has 8 heteroatoms. The van der Waals surface area contributed by atoms with E-state index in [9.17, 15) is 4.39 Å². The summed E-state index contributed by atoms with van der Waals surface area (Å²) in [6, 6.07) is 5.28. The molecule has 1 aromatic carbocycles. The highest BCUT2D eigenvalue weighted by Gasteiger charge is 2.08. The second-order valence-corrected chi connectivity index (χ2v) is 5.83. The fourth-order valence-corrected chi connectivity index (χ4v) is 2.49. The van der Waals surface area contributed by atoms with E-state index in [4.69, 9.17) is 4.74 Å². The zero-order chi connectivity index (χ0) is 18.2. The molecule has 0 aliphatic heterocycles. The van der Waals surface area contributed by atoms with Gasteiger partial charge in [0, 0.05) is 32.1 Å². The molecule has 2 rings (SSSR count). The van der Waals surface area contributed by atoms with Gasteiger partial charge < -0.3 is 19.9 Å². The molecule has 144 valence electrons. The van der Waals surface area contributed by atoms with E-state index in [1.165, 1.54) is 6.07 Å². The van der Waals surface area contributed by atoms with Crippen molar-refractivity contribution in [2.45, 2.75) is 33.4 Å². The van der Waals surface area contributed by atoms with E-state index < -0.39 is 0 Å². The Kier molecular flexibility index (Phi) is 9.57. The number of hydrogen-bond acceptors (Lipinski definition) is 3. The lowest BCUT2D eigenvalue weighted by Crippen LogP contribution is -2.43. The number of imidazole rings is 1. The molecule has 0 saturated carbocycles. The smallest absolute Gasteiger partial charge is 0.191 e. The Bertz CT molecular complexity index is 719. The molecular formula is C18H27FIN5O. The quantitative estimate of drug-likeness (QED) is 0.367. The largest absolute Gasteiger partial charge is 0.383 e. The van der Waals surface area contributed by atoms with E-state index >= 15 is 0 Å². The summed E-state index contributed by atoms with van der Waals surface area (Å²) < 4.78 is 21.3. The molecule has 1 heterocycles. The van der Waals surface area contributed by atoms with Gasteiger partial charge in [-0.1, -0.05) is 6.07 Å². The minimum atomic E-state index is -0.292. The number of aliphatic imine (C=N–C) groups is 1. The molecule has 0 aliphatic carbocycles. The fraction of sp³-hybridized carbons (Fsp3) is 0.444. The Balaban J connectivity index is 0.00000338. The second-order valence-electron chi connectivity index (χ2n) is 5.83. The second kappa shape index (κ2) is 11.1. The van der Waals surface area contributed by atoms with Gasteiger partial charge >= 0.3 is 0 Å². The third kappa shape index (κ3) is 6.24. The first kappa shape index (κ1) is 22.4. The third-order valence-corrected chi connectivity index (χ3v) is 3.66. The number of rotatable bonds is 7. The van der Waals surface area contributed by atoms with Crippen molar-refractivity contribution >= 4 is 29.9 Å². The molecule has 0 bridgehead atoms. The highest BCUT2D eigenvalue weighted by atomic mass is 127. The fourth-order valence-electron chi connectivity index (χ4n) is 2.49. The van der Waals surface area contributed by atoms with Crippen molar-refractivity contribution in [1.29, 1.82) is 0 Å². The Hall–Kier alpha value is -1.68. The molecule has 6 nitrogen and oxygen atoms in total. The summed E-state index contributed by atoms with van der Waals surface area (Å²) in [7, 11) is 1.66. The van der Waals surface area contributed by atoms with Crippen molar-refractivity contribution in [3.8, 4) is 5.69 Å². The van der Waals surface area contributed by atoms with Crippen LogP contribution in [-0.2, 0) is 11.3 Å². The van der Waals surface area contributed by atoms with Gasteiger partial charge in [0.1, 0.15) is 11.6 Å². The number of benzene rings is 1. The Morgan fingerprint density at radius 3 is 2.77 bits per heavy atom. The first-order chi connectivity index (χ1) is 12.0. The number of nitrogens with zero attached hydrogens (tertiary/aromatic N) is 3. The van der Waals surface area contributed by atoms with Gasteiger partial charge in [-0.05, 0) is 38.5 Å². The zero-order valence-electron chi connectivity index (χ0n) is 15.6. The summed E-state index contributed by atoms with van der Waals surface area (Å²) in [5.41, 5.74) is 1.29. The van der Waals surface area contributed by atoms with Gasteiger partial charge in [-0.2, -0.15) is 0 Å². The Morgan fingerprint density at radius 2 is 2.19 bits per heavy atom. The van der Waals surface area contributed by atoms with Crippen molar-refractivity contribution in [1.82, 2.24) is 20.2 Å². The van der Waals surface area contributed by atoms with Gasteiger partial charge in [0.15, 0.2) is 5.96 Å². The van der Waals surface area contributed by atoms with Gasteiger partial charge in [-0.15, -0.1) is 24.0 Å². The highest BCUT2D eigenvalue weighted by molar-refractivity contribution is 14.0. The number of aryl methyl sites for hydroxylation is 1. The van der Waals surface area contributed by atoms with Crippen molar-refractivity contribution in [2.75, 3.05) is 20.3 Å². The molecule has 26 heavy (non-hydrogen) atoms. The average Bonchev–Trinajstić information content (AvgIpc) is 2.99. The average molecular weight is 475 g/mol. The molecular weight excluding hydrogens is 448 g/mol. The summed E-state index contributed by atoms with van der Waals surface area (Å²) in [6.07, 6.45) is 3.40. The van der Waals surface area contributed by atoms with Gasteiger partial charge in [0.2, 0.25) is 0 Å². The number of nitrogens with one attached hydrogen (secondary N) is 2. The molecule has 0 aliphatic rings. The lowest BCUT2D eigenvalue weighted by molar-refractivity contribution is 0.179. The summed E-state index contributed by atoms with van der Waals surface area (Å²) in [4.78, 5) is 8.64. The Labute approximate surface area is 171 Å².